The number of hydrogen-bond acceptors (Lipinski definition) is 3. The van der Waals surface area contributed by atoms with E-state index in [0.717, 1.165) is 13.1 Å². The summed E-state index contributed by atoms with van der Waals surface area (Å²) in [4.78, 5) is 2.28. The van der Waals surface area contributed by atoms with Gasteiger partial charge in [-0.3, -0.25) is 4.90 Å². The highest BCUT2D eigenvalue weighted by molar-refractivity contribution is 4.85. The molecule has 3 N–H and O–H groups in total. The van der Waals surface area contributed by atoms with Gasteiger partial charge >= 0.3 is 0 Å². The molecule has 66 valence electrons. The zero-order valence-electron chi connectivity index (χ0n) is 7.16. The summed E-state index contributed by atoms with van der Waals surface area (Å²) < 4.78 is 0. The fourth-order valence-corrected chi connectivity index (χ4v) is 1.37. The Kier molecular flexibility index (Phi) is 3.30. The zero-order chi connectivity index (χ0) is 8.27. The third kappa shape index (κ3) is 3.18. The van der Waals surface area contributed by atoms with Gasteiger partial charge in [0.25, 0.3) is 0 Å². The molecule has 0 amide bonds. The Balaban J connectivity index is 2.20. The van der Waals surface area contributed by atoms with Crippen molar-refractivity contribution in [1.29, 1.82) is 0 Å². The zero-order valence-corrected chi connectivity index (χ0v) is 7.16. The van der Waals surface area contributed by atoms with Crippen LogP contribution in [-0.4, -0.2) is 41.8 Å². The van der Waals surface area contributed by atoms with E-state index >= 15 is 0 Å². The van der Waals surface area contributed by atoms with Gasteiger partial charge in [0.15, 0.2) is 0 Å². The standard InChI is InChI=1S/C8H18N2O/c1-7(11)6-10(5-4-9)8-2-3-8/h7-8,11H,2-6,9H2,1H3. The van der Waals surface area contributed by atoms with Crippen molar-refractivity contribution >= 4 is 0 Å². The molecule has 1 rings (SSSR count). The Morgan fingerprint density at radius 3 is 2.64 bits per heavy atom. The molecule has 3 heteroatoms. The maximum atomic E-state index is 9.14. The minimum atomic E-state index is -0.220. The summed E-state index contributed by atoms with van der Waals surface area (Å²) in [6, 6.07) is 0.716. The average Bonchev–Trinajstić information content (AvgIpc) is 2.66. The largest absolute Gasteiger partial charge is 0.392 e. The van der Waals surface area contributed by atoms with Crippen LogP contribution in [0.5, 0.6) is 0 Å². The monoisotopic (exact) mass is 158 g/mol. The third-order valence-electron chi connectivity index (χ3n) is 1.98. The molecule has 1 saturated carbocycles. The maximum Gasteiger partial charge on any atom is 0.0639 e. The number of hydrogen-bond donors (Lipinski definition) is 2. The summed E-state index contributed by atoms with van der Waals surface area (Å²) in [5, 5.41) is 9.14. The van der Waals surface area contributed by atoms with E-state index in [9.17, 15) is 0 Å². The molecule has 1 aliphatic rings. The van der Waals surface area contributed by atoms with Crippen LogP contribution in [0.4, 0.5) is 0 Å². The minimum Gasteiger partial charge on any atom is -0.392 e. The Labute approximate surface area is 68.2 Å². The molecule has 0 saturated heterocycles. The van der Waals surface area contributed by atoms with Crippen molar-refractivity contribution in [3.63, 3.8) is 0 Å². The van der Waals surface area contributed by atoms with E-state index in [1.54, 1.807) is 0 Å². The quantitative estimate of drug-likeness (QED) is 0.582. The lowest BCUT2D eigenvalue weighted by Gasteiger charge is -2.22. The second-order valence-corrected chi connectivity index (χ2v) is 3.36. The number of aliphatic hydroxyl groups excluding tert-OH is 1. The molecule has 0 aromatic rings. The van der Waals surface area contributed by atoms with Crippen LogP contribution in [0.1, 0.15) is 19.8 Å². The van der Waals surface area contributed by atoms with Crippen molar-refractivity contribution in [2.45, 2.75) is 31.9 Å². The van der Waals surface area contributed by atoms with Gasteiger partial charge in [-0.2, -0.15) is 0 Å². The van der Waals surface area contributed by atoms with Gasteiger partial charge < -0.3 is 10.8 Å². The van der Waals surface area contributed by atoms with Crippen LogP contribution in [-0.2, 0) is 0 Å². The molecule has 11 heavy (non-hydrogen) atoms. The Morgan fingerprint density at radius 2 is 2.27 bits per heavy atom. The fraction of sp³-hybridized carbons (Fsp3) is 1.00. The van der Waals surface area contributed by atoms with Crippen LogP contribution < -0.4 is 5.73 Å². The Morgan fingerprint density at radius 1 is 1.64 bits per heavy atom. The van der Waals surface area contributed by atoms with E-state index < -0.39 is 0 Å². The molecule has 0 radical (unpaired) electrons. The van der Waals surface area contributed by atoms with Gasteiger partial charge in [0, 0.05) is 25.7 Å². The highest BCUT2D eigenvalue weighted by Gasteiger charge is 2.28. The number of aliphatic hydroxyl groups is 1. The second kappa shape index (κ2) is 4.04. The molecule has 0 aromatic carbocycles. The van der Waals surface area contributed by atoms with E-state index in [2.05, 4.69) is 4.90 Å². The maximum absolute atomic E-state index is 9.14. The van der Waals surface area contributed by atoms with Crippen molar-refractivity contribution in [3.8, 4) is 0 Å². The van der Waals surface area contributed by atoms with E-state index in [0.29, 0.717) is 12.6 Å². The first-order valence-corrected chi connectivity index (χ1v) is 4.36. The molecule has 1 aliphatic carbocycles. The summed E-state index contributed by atoms with van der Waals surface area (Å²) in [5.74, 6) is 0. The first kappa shape index (κ1) is 8.97. The van der Waals surface area contributed by atoms with Crippen molar-refractivity contribution in [1.82, 2.24) is 4.90 Å². The number of nitrogens with two attached hydrogens (primary N) is 1. The van der Waals surface area contributed by atoms with Crippen molar-refractivity contribution in [2.75, 3.05) is 19.6 Å². The van der Waals surface area contributed by atoms with Crippen LogP contribution in [0.15, 0.2) is 0 Å². The smallest absolute Gasteiger partial charge is 0.0639 e. The summed E-state index contributed by atoms with van der Waals surface area (Å²) in [6.07, 6.45) is 2.35. The summed E-state index contributed by atoms with van der Waals surface area (Å²) in [7, 11) is 0. The molecule has 0 aliphatic heterocycles. The Hall–Kier alpha value is -0.120. The fourth-order valence-electron chi connectivity index (χ4n) is 1.37. The van der Waals surface area contributed by atoms with Gasteiger partial charge in [0.1, 0.15) is 0 Å². The normalized spacial score (nSPS) is 20.7. The van der Waals surface area contributed by atoms with E-state index in [-0.39, 0.29) is 6.10 Å². The topological polar surface area (TPSA) is 49.5 Å². The lowest BCUT2D eigenvalue weighted by atomic mass is 10.3. The molecule has 3 nitrogen and oxygen atoms in total. The van der Waals surface area contributed by atoms with Crippen molar-refractivity contribution in [2.24, 2.45) is 5.73 Å². The molecule has 0 heterocycles. The molecular weight excluding hydrogens is 140 g/mol. The van der Waals surface area contributed by atoms with Crippen LogP contribution in [0.2, 0.25) is 0 Å². The van der Waals surface area contributed by atoms with Gasteiger partial charge in [-0.05, 0) is 19.8 Å². The lowest BCUT2D eigenvalue weighted by Crippen LogP contribution is -2.36. The van der Waals surface area contributed by atoms with Crippen LogP contribution in [0, 0.1) is 0 Å². The average molecular weight is 158 g/mol. The summed E-state index contributed by atoms with van der Waals surface area (Å²) in [6.45, 7) is 4.23. The highest BCUT2D eigenvalue weighted by Crippen LogP contribution is 2.26. The first-order valence-electron chi connectivity index (χ1n) is 4.36. The van der Waals surface area contributed by atoms with Gasteiger partial charge in [0.05, 0.1) is 6.10 Å². The number of rotatable bonds is 5. The second-order valence-electron chi connectivity index (χ2n) is 3.36. The van der Waals surface area contributed by atoms with Gasteiger partial charge in [-0.25, -0.2) is 0 Å². The molecule has 0 bridgehead atoms. The van der Waals surface area contributed by atoms with Crippen molar-refractivity contribution in [3.05, 3.63) is 0 Å². The lowest BCUT2D eigenvalue weighted by molar-refractivity contribution is 0.124. The molecule has 1 unspecified atom stereocenters. The molecule has 1 atom stereocenters. The predicted octanol–water partition coefficient (Wildman–Crippen LogP) is -0.210. The van der Waals surface area contributed by atoms with Crippen LogP contribution in [0.25, 0.3) is 0 Å². The van der Waals surface area contributed by atoms with Gasteiger partial charge in [-0.1, -0.05) is 0 Å². The van der Waals surface area contributed by atoms with Gasteiger partial charge in [-0.15, -0.1) is 0 Å². The third-order valence-corrected chi connectivity index (χ3v) is 1.98. The van der Waals surface area contributed by atoms with Crippen LogP contribution in [0.3, 0.4) is 0 Å². The van der Waals surface area contributed by atoms with E-state index in [1.165, 1.54) is 12.8 Å². The first-order chi connectivity index (χ1) is 5.24. The molecule has 0 aromatic heterocycles. The van der Waals surface area contributed by atoms with Crippen LogP contribution >= 0.6 is 0 Å². The van der Waals surface area contributed by atoms with E-state index in [1.807, 2.05) is 6.92 Å². The minimum absolute atomic E-state index is 0.220. The Bertz CT molecular complexity index is 113. The highest BCUT2D eigenvalue weighted by atomic mass is 16.3. The molecule has 1 fully saturated rings. The summed E-state index contributed by atoms with van der Waals surface area (Å²) in [5.41, 5.74) is 5.45. The number of nitrogens with zero attached hydrogens (tertiary/aromatic N) is 1. The molecular formula is C8H18N2O. The van der Waals surface area contributed by atoms with Crippen molar-refractivity contribution < 1.29 is 5.11 Å². The van der Waals surface area contributed by atoms with Gasteiger partial charge in [0.2, 0.25) is 0 Å². The summed E-state index contributed by atoms with van der Waals surface area (Å²) >= 11 is 0. The van der Waals surface area contributed by atoms with E-state index in [4.69, 9.17) is 10.8 Å². The predicted molar refractivity (Wildman–Crippen MR) is 45.3 cm³/mol. The molecule has 0 spiro atoms. The SMILES string of the molecule is CC(O)CN(CCN)C1CC1.